The van der Waals surface area contributed by atoms with Gasteiger partial charge in [-0.15, -0.1) is 0 Å². The van der Waals surface area contributed by atoms with Crippen molar-refractivity contribution in [3.05, 3.63) is 29.6 Å². The van der Waals surface area contributed by atoms with Crippen molar-refractivity contribution < 1.29 is 23.3 Å². The number of amides is 1. The molecule has 0 saturated carbocycles. The Hall–Kier alpha value is -1.76. The van der Waals surface area contributed by atoms with Crippen molar-refractivity contribution in [3.8, 4) is 0 Å². The molecular formula is C13H16FNO4S. The Kier molecular flexibility index (Phi) is 5.82. The van der Waals surface area contributed by atoms with Gasteiger partial charge in [0.15, 0.2) is 0 Å². The fourth-order valence-corrected chi connectivity index (χ4v) is 2.45. The summed E-state index contributed by atoms with van der Waals surface area (Å²) in [5, 5.41) is 11.4. The number of carbonyl (C=O) groups excluding carboxylic acids is 1. The van der Waals surface area contributed by atoms with E-state index in [0.717, 1.165) is 24.6 Å². The number of hydrogen-bond acceptors (Lipinski definition) is 3. The molecule has 0 aromatic heterocycles. The zero-order valence-electron chi connectivity index (χ0n) is 11.2. The van der Waals surface area contributed by atoms with Gasteiger partial charge in [-0.2, -0.15) is 0 Å². The molecule has 0 spiro atoms. The van der Waals surface area contributed by atoms with Gasteiger partial charge in [0, 0.05) is 6.04 Å². The molecule has 1 aromatic carbocycles. The van der Waals surface area contributed by atoms with Gasteiger partial charge in [0.2, 0.25) is 5.91 Å². The second-order valence-electron chi connectivity index (χ2n) is 4.32. The van der Waals surface area contributed by atoms with Crippen LogP contribution in [-0.4, -0.2) is 33.0 Å². The molecule has 0 radical (unpaired) electrons. The summed E-state index contributed by atoms with van der Waals surface area (Å²) in [6.45, 7) is 3.68. The van der Waals surface area contributed by atoms with Crippen molar-refractivity contribution in [1.82, 2.24) is 5.32 Å². The Morgan fingerprint density at radius 3 is 2.65 bits per heavy atom. The van der Waals surface area contributed by atoms with Crippen molar-refractivity contribution in [2.75, 3.05) is 5.75 Å². The van der Waals surface area contributed by atoms with Crippen LogP contribution in [0, 0.1) is 5.82 Å². The molecule has 2 unspecified atom stereocenters. The predicted octanol–water partition coefficient (Wildman–Crippen LogP) is 1.55. The van der Waals surface area contributed by atoms with Gasteiger partial charge in [-0.1, -0.05) is 6.92 Å². The average Bonchev–Trinajstić information content (AvgIpc) is 2.38. The lowest BCUT2D eigenvalue weighted by Gasteiger charge is -2.11. The van der Waals surface area contributed by atoms with E-state index in [2.05, 4.69) is 5.32 Å². The summed E-state index contributed by atoms with van der Waals surface area (Å²) in [4.78, 5) is 22.1. The molecule has 2 N–H and O–H groups in total. The lowest BCUT2D eigenvalue weighted by atomic mass is 10.2. The number of halogens is 1. The van der Waals surface area contributed by atoms with Crippen LogP contribution in [0.5, 0.6) is 0 Å². The van der Waals surface area contributed by atoms with E-state index in [1.54, 1.807) is 6.92 Å². The van der Waals surface area contributed by atoms with Crippen LogP contribution in [0.25, 0.3) is 0 Å². The summed E-state index contributed by atoms with van der Waals surface area (Å²) in [6, 6.07) is 2.94. The fourth-order valence-electron chi connectivity index (χ4n) is 1.43. The number of carboxylic acid groups (broad SMARTS) is 1. The number of aromatic carboxylic acids is 1. The highest BCUT2D eigenvalue weighted by molar-refractivity contribution is 7.85. The van der Waals surface area contributed by atoms with Gasteiger partial charge >= 0.3 is 5.97 Å². The fraction of sp³-hybridized carbons (Fsp3) is 0.385. The first kappa shape index (κ1) is 16.3. The van der Waals surface area contributed by atoms with E-state index in [4.69, 9.17) is 5.11 Å². The molecule has 1 rings (SSSR count). The van der Waals surface area contributed by atoms with E-state index in [-0.39, 0.29) is 16.5 Å². The van der Waals surface area contributed by atoms with Crippen LogP contribution >= 0.6 is 0 Å². The molecule has 0 heterocycles. The van der Waals surface area contributed by atoms with Crippen LogP contribution in [0.15, 0.2) is 23.1 Å². The largest absolute Gasteiger partial charge is 0.478 e. The average molecular weight is 301 g/mol. The summed E-state index contributed by atoms with van der Waals surface area (Å²) in [5.74, 6) is -2.89. The van der Waals surface area contributed by atoms with E-state index in [0.29, 0.717) is 0 Å². The summed E-state index contributed by atoms with van der Waals surface area (Å²) in [6.07, 6.45) is 0.723. The molecule has 0 bridgehead atoms. The minimum atomic E-state index is -1.92. The third-order valence-electron chi connectivity index (χ3n) is 2.71. The molecule has 0 aliphatic carbocycles. The summed E-state index contributed by atoms with van der Waals surface area (Å²) in [7, 11) is -1.92. The summed E-state index contributed by atoms with van der Waals surface area (Å²) >= 11 is 0. The van der Waals surface area contributed by atoms with E-state index < -0.39 is 34.2 Å². The maximum absolute atomic E-state index is 13.5. The van der Waals surface area contributed by atoms with Crippen molar-refractivity contribution in [3.63, 3.8) is 0 Å². The molecule has 110 valence electrons. The molecular weight excluding hydrogens is 285 g/mol. The molecule has 2 atom stereocenters. The second kappa shape index (κ2) is 7.14. The standard InChI is InChI=1S/C13H16FNO4S/c1-3-8(2)15-12(16)7-20(19)11-6-9(13(17)18)4-5-10(11)14/h4-6,8H,3,7H2,1-2H3,(H,15,16)(H,17,18). The number of carbonyl (C=O) groups is 2. The third kappa shape index (κ3) is 4.41. The van der Waals surface area contributed by atoms with Crippen LogP contribution in [0.3, 0.4) is 0 Å². The van der Waals surface area contributed by atoms with Crippen LogP contribution in [0.2, 0.25) is 0 Å². The first-order valence-corrected chi connectivity index (χ1v) is 7.37. The highest BCUT2D eigenvalue weighted by atomic mass is 32.2. The molecule has 5 nitrogen and oxygen atoms in total. The van der Waals surface area contributed by atoms with Gasteiger partial charge in [-0.25, -0.2) is 9.18 Å². The number of benzene rings is 1. The van der Waals surface area contributed by atoms with Crippen molar-refractivity contribution >= 4 is 22.7 Å². The van der Waals surface area contributed by atoms with Gasteiger partial charge in [-0.05, 0) is 31.5 Å². The first-order valence-electron chi connectivity index (χ1n) is 6.05. The Balaban J connectivity index is 2.84. The highest BCUT2D eigenvalue weighted by Gasteiger charge is 2.17. The van der Waals surface area contributed by atoms with Gasteiger partial charge in [0.1, 0.15) is 11.6 Å². The second-order valence-corrected chi connectivity index (χ2v) is 5.74. The monoisotopic (exact) mass is 301 g/mol. The third-order valence-corrected chi connectivity index (χ3v) is 4.03. The van der Waals surface area contributed by atoms with Gasteiger partial charge < -0.3 is 10.4 Å². The smallest absolute Gasteiger partial charge is 0.335 e. The van der Waals surface area contributed by atoms with E-state index in [1.807, 2.05) is 6.92 Å². The number of nitrogens with one attached hydrogen (secondary N) is 1. The minimum absolute atomic E-state index is 0.0605. The van der Waals surface area contributed by atoms with E-state index >= 15 is 0 Å². The normalized spacial score (nSPS) is 13.6. The lowest BCUT2D eigenvalue weighted by molar-refractivity contribution is -0.119. The number of hydrogen-bond donors (Lipinski definition) is 2. The Morgan fingerprint density at radius 1 is 1.45 bits per heavy atom. The quantitative estimate of drug-likeness (QED) is 0.835. The number of carboxylic acids is 1. The molecule has 0 aliphatic rings. The Bertz CT molecular complexity index is 547. The molecule has 0 fully saturated rings. The zero-order chi connectivity index (χ0) is 15.3. The zero-order valence-corrected chi connectivity index (χ0v) is 12.0. The topological polar surface area (TPSA) is 83.5 Å². The van der Waals surface area contributed by atoms with Crippen LogP contribution in [0.1, 0.15) is 30.6 Å². The lowest BCUT2D eigenvalue weighted by Crippen LogP contribution is -2.35. The molecule has 1 aromatic rings. The maximum Gasteiger partial charge on any atom is 0.335 e. The molecule has 0 saturated heterocycles. The van der Waals surface area contributed by atoms with Crippen LogP contribution in [-0.2, 0) is 15.6 Å². The highest BCUT2D eigenvalue weighted by Crippen LogP contribution is 2.15. The first-order chi connectivity index (χ1) is 9.35. The summed E-state index contributed by atoms with van der Waals surface area (Å²) < 4.78 is 25.5. The van der Waals surface area contributed by atoms with Gasteiger partial charge in [-0.3, -0.25) is 9.00 Å². The Morgan fingerprint density at radius 2 is 2.10 bits per heavy atom. The number of rotatable bonds is 6. The molecule has 0 aliphatic heterocycles. The molecule has 7 heteroatoms. The molecule has 1 amide bonds. The van der Waals surface area contributed by atoms with E-state index in [1.165, 1.54) is 0 Å². The van der Waals surface area contributed by atoms with Crippen LogP contribution in [0.4, 0.5) is 4.39 Å². The van der Waals surface area contributed by atoms with Gasteiger partial charge in [0.25, 0.3) is 0 Å². The molecule has 20 heavy (non-hydrogen) atoms. The maximum atomic E-state index is 13.5. The van der Waals surface area contributed by atoms with Crippen molar-refractivity contribution in [2.24, 2.45) is 0 Å². The Labute approximate surface area is 118 Å². The summed E-state index contributed by atoms with van der Waals surface area (Å²) in [5.41, 5.74) is -0.169. The van der Waals surface area contributed by atoms with Gasteiger partial charge in [0.05, 0.1) is 21.3 Å². The minimum Gasteiger partial charge on any atom is -0.478 e. The predicted molar refractivity (Wildman–Crippen MR) is 72.5 cm³/mol. The van der Waals surface area contributed by atoms with Crippen molar-refractivity contribution in [2.45, 2.75) is 31.2 Å². The van der Waals surface area contributed by atoms with Crippen LogP contribution < -0.4 is 5.32 Å². The SMILES string of the molecule is CCC(C)NC(=O)CS(=O)c1cc(C(=O)O)ccc1F. The van der Waals surface area contributed by atoms with Crippen molar-refractivity contribution in [1.29, 1.82) is 0 Å². The van der Waals surface area contributed by atoms with E-state index in [9.17, 15) is 18.2 Å².